The summed E-state index contributed by atoms with van der Waals surface area (Å²) in [6.07, 6.45) is 3.91. The third-order valence-corrected chi connectivity index (χ3v) is 8.13. The smallest absolute Gasteiger partial charge is 0.150 e. The number of rotatable bonds is 7. The second-order valence-corrected chi connectivity index (χ2v) is 10.8. The highest BCUT2D eigenvalue weighted by Gasteiger charge is 2.27. The Hall–Kier alpha value is -0.780. The Morgan fingerprint density at radius 2 is 1.76 bits per heavy atom. The normalized spacial score (nSPS) is 18.8. The van der Waals surface area contributed by atoms with Crippen molar-refractivity contribution < 1.29 is 8.42 Å². The lowest BCUT2D eigenvalue weighted by Gasteiger charge is -2.32. The highest BCUT2D eigenvalue weighted by Crippen LogP contribution is 2.35. The fourth-order valence-electron chi connectivity index (χ4n) is 4.00. The first-order valence-corrected chi connectivity index (χ1v) is 12.4. The maximum absolute atomic E-state index is 12.1. The van der Waals surface area contributed by atoms with Gasteiger partial charge in [0.25, 0.3) is 0 Å². The number of halogens is 3. The second kappa shape index (κ2) is 10.5. The molecule has 3 nitrogen and oxygen atoms in total. The molecule has 0 spiro atoms. The predicted molar refractivity (Wildman–Crippen MR) is 126 cm³/mol. The Bertz CT molecular complexity index is 947. The van der Waals surface area contributed by atoms with Gasteiger partial charge in [-0.2, -0.15) is 0 Å². The average molecular weight is 477 g/mol. The molecule has 2 aromatic rings. The molecule has 0 aromatic heterocycles. The van der Waals surface area contributed by atoms with E-state index in [0.29, 0.717) is 22.9 Å². The van der Waals surface area contributed by atoms with Crippen LogP contribution in [0.2, 0.25) is 10.0 Å². The Balaban J connectivity index is 0.00000300. The summed E-state index contributed by atoms with van der Waals surface area (Å²) in [5.41, 5.74) is 11.2. The number of sulfone groups is 1. The monoisotopic (exact) mass is 475 g/mol. The topological polar surface area (TPSA) is 60.2 Å². The molecule has 2 aromatic carbocycles. The van der Waals surface area contributed by atoms with Crippen LogP contribution in [-0.2, 0) is 29.1 Å². The summed E-state index contributed by atoms with van der Waals surface area (Å²) in [6, 6.07) is 12.2. The molecule has 2 atom stereocenters. The molecule has 0 aliphatic heterocycles. The molecular formula is C22H28Cl3NO2S. The molecule has 0 bridgehead atoms. The van der Waals surface area contributed by atoms with Crippen LogP contribution < -0.4 is 5.73 Å². The van der Waals surface area contributed by atoms with E-state index in [2.05, 4.69) is 18.2 Å². The van der Waals surface area contributed by atoms with Crippen molar-refractivity contribution in [2.24, 2.45) is 5.73 Å². The summed E-state index contributed by atoms with van der Waals surface area (Å²) in [4.78, 5) is 0. The van der Waals surface area contributed by atoms with Gasteiger partial charge in [-0.3, -0.25) is 0 Å². The lowest BCUT2D eigenvalue weighted by Crippen LogP contribution is -2.34. The molecule has 0 saturated heterocycles. The minimum Gasteiger partial charge on any atom is -0.327 e. The van der Waals surface area contributed by atoms with Gasteiger partial charge in [-0.25, -0.2) is 8.42 Å². The van der Waals surface area contributed by atoms with Crippen LogP contribution in [0.1, 0.15) is 47.9 Å². The molecule has 2 unspecified atom stereocenters. The lowest BCUT2D eigenvalue weighted by molar-refractivity contribution is 0.467. The minimum atomic E-state index is -2.98. The first-order valence-electron chi connectivity index (χ1n) is 9.80. The zero-order valence-electron chi connectivity index (χ0n) is 16.5. The van der Waals surface area contributed by atoms with Crippen LogP contribution in [0.4, 0.5) is 0 Å². The number of hydrogen-bond acceptors (Lipinski definition) is 3. The Labute approximate surface area is 190 Å². The first-order chi connectivity index (χ1) is 13.3. The summed E-state index contributed by atoms with van der Waals surface area (Å²) in [5.74, 6) is 0.638. The van der Waals surface area contributed by atoms with Gasteiger partial charge >= 0.3 is 0 Å². The van der Waals surface area contributed by atoms with Crippen molar-refractivity contribution in [2.75, 3.05) is 11.5 Å². The van der Waals surface area contributed by atoms with E-state index in [-0.39, 0.29) is 35.9 Å². The Morgan fingerprint density at radius 1 is 1.03 bits per heavy atom. The summed E-state index contributed by atoms with van der Waals surface area (Å²) < 4.78 is 24.1. The highest BCUT2D eigenvalue weighted by atomic mass is 35.5. The minimum absolute atomic E-state index is 0. The van der Waals surface area contributed by atoms with Crippen molar-refractivity contribution in [1.82, 2.24) is 0 Å². The molecule has 0 saturated carbocycles. The van der Waals surface area contributed by atoms with Crippen molar-refractivity contribution in [3.8, 4) is 0 Å². The van der Waals surface area contributed by atoms with Gasteiger partial charge in [0.1, 0.15) is 0 Å². The molecule has 0 amide bonds. The van der Waals surface area contributed by atoms with Crippen molar-refractivity contribution in [3.05, 3.63) is 68.7 Å². The molecule has 0 radical (unpaired) electrons. The standard InChI is InChI=1S/C22H27Cl2NO2S.ClH/c1-2-10-28(26,27)11-9-15-3-5-17-6-8-22(25)19(18(17)12-15)13-16-4-7-20(23)21(24)14-16;/h3-5,7,12,14,19,22H,2,6,8-11,13,25H2,1H3;1H. The maximum atomic E-state index is 12.1. The van der Waals surface area contributed by atoms with Crippen LogP contribution >= 0.6 is 35.6 Å². The number of benzene rings is 2. The predicted octanol–water partition coefficient (Wildman–Crippen LogP) is 5.38. The third-order valence-electron chi connectivity index (χ3n) is 5.53. The number of nitrogens with two attached hydrogens (primary N) is 1. The summed E-state index contributed by atoms with van der Waals surface area (Å²) in [5, 5.41) is 1.10. The molecule has 7 heteroatoms. The first kappa shape index (κ1) is 24.5. The van der Waals surface area contributed by atoms with Gasteiger partial charge in [-0.1, -0.05) is 54.4 Å². The molecule has 0 heterocycles. The van der Waals surface area contributed by atoms with Crippen LogP contribution in [0.5, 0.6) is 0 Å². The van der Waals surface area contributed by atoms with Gasteiger partial charge in [-0.15, -0.1) is 12.4 Å². The van der Waals surface area contributed by atoms with Gasteiger partial charge < -0.3 is 5.73 Å². The van der Waals surface area contributed by atoms with Crippen LogP contribution in [0.25, 0.3) is 0 Å². The SMILES string of the molecule is CCCS(=O)(=O)CCc1ccc2c(c1)C(Cc1ccc(Cl)c(Cl)c1)C(N)CC2.Cl. The van der Waals surface area contributed by atoms with Gasteiger partial charge in [0.05, 0.1) is 15.8 Å². The molecule has 0 fully saturated rings. The maximum Gasteiger partial charge on any atom is 0.150 e. The zero-order chi connectivity index (χ0) is 20.3. The fourth-order valence-corrected chi connectivity index (χ4v) is 5.69. The van der Waals surface area contributed by atoms with Crippen LogP contribution in [0.15, 0.2) is 36.4 Å². The number of aryl methyl sites for hydroxylation is 2. The van der Waals surface area contributed by atoms with E-state index in [1.165, 1.54) is 11.1 Å². The molecular weight excluding hydrogens is 449 g/mol. The number of fused-ring (bicyclic) bond motifs is 1. The molecule has 160 valence electrons. The summed E-state index contributed by atoms with van der Waals surface area (Å²) in [6.45, 7) is 1.89. The van der Waals surface area contributed by atoms with Crippen molar-refractivity contribution in [2.45, 2.75) is 51.0 Å². The molecule has 3 rings (SSSR count). The Kier molecular flexibility index (Phi) is 8.87. The molecule has 2 N–H and O–H groups in total. The second-order valence-electron chi connectivity index (χ2n) is 7.70. The van der Waals surface area contributed by atoms with Crippen molar-refractivity contribution in [3.63, 3.8) is 0 Å². The van der Waals surface area contributed by atoms with Gasteiger partial charge in [0, 0.05) is 17.7 Å². The average Bonchev–Trinajstić information content (AvgIpc) is 2.65. The van der Waals surface area contributed by atoms with Crippen LogP contribution in [-0.4, -0.2) is 26.0 Å². The van der Waals surface area contributed by atoms with Gasteiger partial charge in [-0.05, 0) is 66.5 Å². The highest BCUT2D eigenvalue weighted by molar-refractivity contribution is 7.91. The van der Waals surface area contributed by atoms with Gasteiger partial charge in [0.15, 0.2) is 9.84 Å². The summed E-state index contributed by atoms with van der Waals surface area (Å²) in [7, 11) is -2.98. The fraction of sp³-hybridized carbons (Fsp3) is 0.455. The quantitative estimate of drug-likeness (QED) is 0.583. The van der Waals surface area contributed by atoms with Crippen molar-refractivity contribution >= 4 is 45.4 Å². The molecule has 1 aliphatic carbocycles. The lowest BCUT2D eigenvalue weighted by atomic mass is 9.76. The van der Waals surface area contributed by atoms with E-state index in [4.69, 9.17) is 28.9 Å². The molecule has 1 aliphatic rings. The Morgan fingerprint density at radius 3 is 2.45 bits per heavy atom. The molecule has 29 heavy (non-hydrogen) atoms. The van der Waals surface area contributed by atoms with E-state index in [1.54, 1.807) is 0 Å². The van der Waals surface area contributed by atoms with E-state index in [9.17, 15) is 8.42 Å². The number of hydrogen-bond donors (Lipinski definition) is 1. The van der Waals surface area contributed by atoms with E-state index in [0.717, 1.165) is 30.4 Å². The van der Waals surface area contributed by atoms with Gasteiger partial charge in [0.2, 0.25) is 0 Å². The van der Waals surface area contributed by atoms with E-state index in [1.807, 2.05) is 25.1 Å². The van der Waals surface area contributed by atoms with Crippen LogP contribution in [0, 0.1) is 0 Å². The van der Waals surface area contributed by atoms with E-state index >= 15 is 0 Å². The van der Waals surface area contributed by atoms with E-state index < -0.39 is 9.84 Å². The zero-order valence-corrected chi connectivity index (χ0v) is 19.7. The third kappa shape index (κ3) is 6.35. The summed E-state index contributed by atoms with van der Waals surface area (Å²) >= 11 is 12.2. The van der Waals surface area contributed by atoms with Crippen molar-refractivity contribution in [1.29, 1.82) is 0 Å². The largest absolute Gasteiger partial charge is 0.327 e. The van der Waals surface area contributed by atoms with Crippen LogP contribution in [0.3, 0.4) is 0 Å².